The van der Waals surface area contributed by atoms with Crippen LogP contribution in [0, 0.1) is 0 Å². The van der Waals surface area contributed by atoms with Crippen molar-refractivity contribution in [1.29, 1.82) is 0 Å². The second-order valence-electron chi connectivity index (χ2n) is 6.18. The van der Waals surface area contributed by atoms with Crippen LogP contribution < -0.4 is 5.32 Å². The number of ketones is 2. The second-order valence-corrected chi connectivity index (χ2v) is 7.98. The predicted molar refractivity (Wildman–Crippen MR) is 113 cm³/mol. The van der Waals surface area contributed by atoms with Crippen LogP contribution in [0.25, 0.3) is 0 Å². The number of thiophene rings is 1. The fourth-order valence-corrected chi connectivity index (χ4v) is 3.35. The monoisotopic (exact) mass is 455 g/mol. The Balaban J connectivity index is 1.72. The van der Waals surface area contributed by atoms with Gasteiger partial charge in [-0.05, 0) is 36.6 Å². The van der Waals surface area contributed by atoms with Gasteiger partial charge in [-0.3, -0.25) is 19.2 Å². The smallest absolute Gasteiger partial charge is 0.307 e. The molecule has 1 aromatic carbocycles. The summed E-state index contributed by atoms with van der Waals surface area (Å²) in [5.41, 5.74) is 0.303. The van der Waals surface area contributed by atoms with Gasteiger partial charge in [-0.2, -0.15) is 0 Å². The van der Waals surface area contributed by atoms with Crippen LogP contribution in [-0.4, -0.2) is 29.5 Å². The molecule has 0 aliphatic rings. The molecule has 2 aromatic rings. The second kappa shape index (κ2) is 11.1. The normalized spacial score (nSPS) is 11.6. The van der Waals surface area contributed by atoms with E-state index < -0.39 is 18.0 Å². The van der Waals surface area contributed by atoms with Crippen LogP contribution in [0.1, 0.15) is 42.3 Å². The van der Waals surface area contributed by atoms with Crippen molar-refractivity contribution in [1.82, 2.24) is 0 Å². The van der Waals surface area contributed by atoms with Gasteiger partial charge in [-0.1, -0.05) is 29.3 Å². The number of anilines is 1. The molecule has 0 aliphatic carbocycles. The lowest BCUT2D eigenvalue weighted by molar-refractivity contribution is -0.153. The molecule has 0 saturated heterocycles. The Kier molecular flexibility index (Phi) is 8.82. The zero-order valence-electron chi connectivity index (χ0n) is 15.6. The number of nitrogens with one attached hydrogen (secondary N) is 1. The number of halogens is 2. The van der Waals surface area contributed by atoms with Crippen LogP contribution in [0.2, 0.25) is 10.0 Å². The topological polar surface area (TPSA) is 89.5 Å². The molecular weight excluding hydrogens is 437 g/mol. The van der Waals surface area contributed by atoms with E-state index in [1.807, 2.05) is 0 Å². The van der Waals surface area contributed by atoms with Gasteiger partial charge in [0.2, 0.25) is 0 Å². The van der Waals surface area contributed by atoms with E-state index in [4.69, 9.17) is 27.9 Å². The number of ether oxygens (including phenoxy) is 1. The van der Waals surface area contributed by atoms with Gasteiger partial charge in [0, 0.05) is 24.3 Å². The summed E-state index contributed by atoms with van der Waals surface area (Å²) in [6.45, 7) is 1.41. The molecule has 1 aromatic heterocycles. The van der Waals surface area contributed by atoms with Crippen molar-refractivity contribution in [2.45, 2.75) is 38.7 Å². The van der Waals surface area contributed by atoms with Gasteiger partial charge in [-0.15, -0.1) is 11.3 Å². The van der Waals surface area contributed by atoms with E-state index >= 15 is 0 Å². The van der Waals surface area contributed by atoms with E-state index in [-0.39, 0.29) is 37.2 Å². The van der Waals surface area contributed by atoms with Crippen molar-refractivity contribution < 1.29 is 23.9 Å². The highest BCUT2D eigenvalue weighted by atomic mass is 35.5. The molecular formula is C20H19Cl2NO5S. The van der Waals surface area contributed by atoms with Crippen LogP contribution in [0.5, 0.6) is 0 Å². The van der Waals surface area contributed by atoms with E-state index in [0.29, 0.717) is 20.6 Å². The first-order chi connectivity index (χ1) is 13.8. The lowest BCUT2D eigenvalue weighted by Crippen LogP contribution is -2.30. The van der Waals surface area contributed by atoms with E-state index in [9.17, 15) is 19.2 Å². The summed E-state index contributed by atoms with van der Waals surface area (Å²) in [6.07, 6.45) is -1.12. The number of benzene rings is 1. The third kappa shape index (κ3) is 7.61. The molecule has 0 fully saturated rings. The average Bonchev–Trinajstić information content (AvgIpc) is 3.22. The number of hydrogen-bond donors (Lipinski definition) is 1. The Labute approximate surface area is 182 Å². The molecule has 0 bridgehead atoms. The van der Waals surface area contributed by atoms with Crippen LogP contribution >= 0.6 is 34.5 Å². The highest BCUT2D eigenvalue weighted by molar-refractivity contribution is 7.12. The van der Waals surface area contributed by atoms with E-state index in [0.717, 1.165) is 0 Å². The number of rotatable bonds is 10. The number of esters is 1. The summed E-state index contributed by atoms with van der Waals surface area (Å²) in [5, 5.41) is 5.01. The summed E-state index contributed by atoms with van der Waals surface area (Å²) >= 11 is 13.2. The van der Waals surface area contributed by atoms with Crippen molar-refractivity contribution in [2.75, 3.05) is 5.32 Å². The van der Waals surface area contributed by atoms with Gasteiger partial charge in [-0.25, -0.2) is 0 Å². The Morgan fingerprint density at radius 2 is 1.79 bits per heavy atom. The zero-order valence-corrected chi connectivity index (χ0v) is 17.9. The standard InChI is InChI=1S/C20H19Cl2NO5S/c1-12(20(27)23-16-11-13(21)4-7-15(16)22)28-19(26)9-6-14(24)5-8-17(25)18-3-2-10-29-18/h2-4,7,10-12H,5-6,8-9H2,1H3,(H,23,27). The molecule has 1 unspecified atom stereocenters. The van der Waals surface area contributed by atoms with Gasteiger partial charge in [0.15, 0.2) is 11.9 Å². The van der Waals surface area contributed by atoms with E-state index in [2.05, 4.69) is 5.32 Å². The number of amides is 1. The highest BCUT2D eigenvalue weighted by Gasteiger charge is 2.20. The van der Waals surface area contributed by atoms with Gasteiger partial charge in [0.1, 0.15) is 5.78 Å². The minimum absolute atomic E-state index is 0.0506. The first kappa shape index (κ1) is 23.1. The van der Waals surface area contributed by atoms with Crippen molar-refractivity contribution >= 4 is 63.7 Å². The van der Waals surface area contributed by atoms with Crippen molar-refractivity contribution in [3.05, 3.63) is 50.6 Å². The quantitative estimate of drug-likeness (QED) is 0.404. The zero-order chi connectivity index (χ0) is 21.4. The first-order valence-corrected chi connectivity index (χ1v) is 10.4. The molecule has 1 atom stereocenters. The number of carbonyl (C=O) groups is 4. The van der Waals surface area contributed by atoms with Gasteiger partial charge in [0.25, 0.3) is 5.91 Å². The van der Waals surface area contributed by atoms with Gasteiger partial charge < -0.3 is 10.1 Å². The molecule has 6 nitrogen and oxygen atoms in total. The van der Waals surface area contributed by atoms with Crippen LogP contribution in [-0.2, 0) is 19.1 Å². The number of Topliss-reactive ketones (excluding diaryl/α,β-unsaturated/α-hetero) is 2. The first-order valence-electron chi connectivity index (χ1n) is 8.80. The summed E-state index contributed by atoms with van der Waals surface area (Å²) in [7, 11) is 0. The lowest BCUT2D eigenvalue weighted by atomic mass is 10.1. The largest absolute Gasteiger partial charge is 0.453 e. The molecule has 1 N–H and O–H groups in total. The number of carbonyl (C=O) groups excluding carboxylic acids is 4. The van der Waals surface area contributed by atoms with Crippen LogP contribution in [0.15, 0.2) is 35.7 Å². The molecule has 29 heavy (non-hydrogen) atoms. The third-order valence-electron chi connectivity index (χ3n) is 3.90. The van der Waals surface area contributed by atoms with Crippen LogP contribution in [0.3, 0.4) is 0 Å². The lowest BCUT2D eigenvalue weighted by Gasteiger charge is -2.14. The molecule has 1 amide bonds. The Morgan fingerprint density at radius 3 is 2.48 bits per heavy atom. The maximum atomic E-state index is 12.1. The third-order valence-corrected chi connectivity index (χ3v) is 5.37. The van der Waals surface area contributed by atoms with Crippen LogP contribution in [0.4, 0.5) is 5.69 Å². The summed E-state index contributed by atoms with van der Waals surface area (Å²) in [5.74, 6) is -1.56. The summed E-state index contributed by atoms with van der Waals surface area (Å²) in [6, 6.07) is 8.07. The maximum absolute atomic E-state index is 12.1. The Bertz CT molecular complexity index is 898. The summed E-state index contributed by atoms with van der Waals surface area (Å²) < 4.78 is 5.04. The highest BCUT2D eigenvalue weighted by Crippen LogP contribution is 2.25. The molecule has 154 valence electrons. The van der Waals surface area contributed by atoms with Gasteiger partial charge in [0.05, 0.1) is 22.0 Å². The predicted octanol–water partition coefficient (Wildman–Crippen LogP) is 4.94. The fraction of sp³-hybridized carbons (Fsp3) is 0.300. The van der Waals surface area contributed by atoms with E-state index in [1.165, 1.54) is 30.4 Å². The van der Waals surface area contributed by atoms with Gasteiger partial charge >= 0.3 is 5.97 Å². The minimum atomic E-state index is -1.08. The van der Waals surface area contributed by atoms with Crippen molar-refractivity contribution in [2.24, 2.45) is 0 Å². The Morgan fingerprint density at radius 1 is 1.07 bits per heavy atom. The number of hydrogen-bond acceptors (Lipinski definition) is 6. The molecule has 0 saturated carbocycles. The molecule has 9 heteroatoms. The average molecular weight is 456 g/mol. The summed E-state index contributed by atoms with van der Waals surface area (Å²) in [4.78, 5) is 48.4. The SMILES string of the molecule is CC(OC(=O)CCC(=O)CCC(=O)c1cccs1)C(=O)Nc1cc(Cl)ccc1Cl. The fourth-order valence-electron chi connectivity index (χ4n) is 2.32. The minimum Gasteiger partial charge on any atom is -0.453 e. The molecule has 0 spiro atoms. The maximum Gasteiger partial charge on any atom is 0.307 e. The molecule has 0 aliphatic heterocycles. The molecule has 1 heterocycles. The Hall–Kier alpha value is -2.22. The molecule has 0 radical (unpaired) electrons. The van der Waals surface area contributed by atoms with Crippen molar-refractivity contribution in [3.63, 3.8) is 0 Å². The van der Waals surface area contributed by atoms with Crippen molar-refractivity contribution in [3.8, 4) is 0 Å². The molecule has 2 rings (SSSR count). The van der Waals surface area contributed by atoms with E-state index in [1.54, 1.807) is 23.6 Å².